The predicted octanol–water partition coefficient (Wildman–Crippen LogP) is 2.45. The molecular weight excluding hydrogens is 248 g/mol. The third-order valence-corrected chi connectivity index (χ3v) is 4.42. The van der Waals surface area contributed by atoms with Crippen LogP contribution >= 0.6 is 24.0 Å². The molecule has 4 heteroatoms. The van der Waals surface area contributed by atoms with Gasteiger partial charge in [-0.1, -0.05) is 42.5 Å². The average molecular weight is 266 g/mol. The van der Waals surface area contributed by atoms with Crippen LogP contribution in [0.4, 0.5) is 0 Å². The molecule has 0 radical (unpaired) electrons. The van der Waals surface area contributed by atoms with Gasteiger partial charge < -0.3 is 4.90 Å². The van der Waals surface area contributed by atoms with Gasteiger partial charge in [0.2, 0.25) is 0 Å². The molecule has 0 saturated carbocycles. The van der Waals surface area contributed by atoms with E-state index >= 15 is 0 Å². The van der Waals surface area contributed by atoms with Crippen LogP contribution in [0.5, 0.6) is 0 Å². The number of benzene rings is 1. The first-order chi connectivity index (χ1) is 8.29. The number of hydrogen-bond donors (Lipinski definition) is 0. The fourth-order valence-electron chi connectivity index (χ4n) is 2.06. The molecule has 2 rings (SSSR count). The zero-order chi connectivity index (χ0) is 12.1. The minimum absolute atomic E-state index is 1.03. The second-order valence-electron chi connectivity index (χ2n) is 4.22. The molecule has 1 aliphatic heterocycles. The molecule has 0 spiro atoms. The quantitative estimate of drug-likeness (QED) is 0.758. The molecule has 0 aliphatic carbocycles. The van der Waals surface area contributed by atoms with Crippen LogP contribution in [-0.4, -0.2) is 46.6 Å². The van der Waals surface area contributed by atoms with E-state index in [2.05, 4.69) is 46.4 Å². The third kappa shape index (κ3) is 3.69. The van der Waals surface area contributed by atoms with E-state index < -0.39 is 0 Å². The lowest BCUT2D eigenvalue weighted by molar-refractivity contribution is 0.179. The molecule has 2 nitrogen and oxygen atoms in total. The Labute approximate surface area is 113 Å². The summed E-state index contributed by atoms with van der Waals surface area (Å²) in [6.45, 7) is 5.39. The zero-order valence-electron chi connectivity index (χ0n) is 10.1. The molecule has 17 heavy (non-hydrogen) atoms. The SMILES string of the molecule is CSC(=S)N1CCN(Cc2ccccc2)CC1. The highest BCUT2D eigenvalue weighted by molar-refractivity contribution is 8.22. The highest BCUT2D eigenvalue weighted by atomic mass is 32.2. The summed E-state index contributed by atoms with van der Waals surface area (Å²) in [5, 5.41) is 0. The van der Waals surface area contributed by atoms with Crippen molar-refractivity contribution in [3.05, 3.63) is 35.9 Å². The van der Waals surface area contributed by atoms with Crippen molar-refractivity contribution in [3.8, 4) is 0 Å². The standard InChI is InChI=1S/C13H18N2S2/c1-17-13(16)15-9-7-14(8-10-15)11-12-5-3-2-4-6-12/h2-6H,7-11H2,1H3. The Morgan fingerprint density at radius 3 is 2.41 bits per heavy atom. The Morgan fingerprint density at radius 1 is 1.18 bits per heavy atom. The van der Waals surface area contributed by atoms with E-state index in [1.807, 2.05) is 0 Å². The highest BCUT2D eigenvalue weighted by Crippen LogP contribution is 2.12. The Morgan fingerprint density at radius 2 is 1.82 bits per heavy atom. The van der Waals surface area contributed by atoms with Gasteiger partial charge in [0.05, 0.1) is 0 Å². The topological polar surface area (TPSA) is 6.48 Å². The van der Waals surface area contributed by atoms with Crippen LogP contribution in [0.2, 0.25) is 0 Å². The predicted molar refractivity (Wildman–Crippen MR) is 79.4 cm³/mol. The highest BCUT2D eigenvalue weighted by Gasteiger charge is 2.18. The summed E-state index contributed by atoms with van der Waals surface area (Å²) in [6, 6.07) is 10.7. The second-order valence-corrected chi connectivity index (χ2v) is 5.66. The van der Waals surface area contributed by atoms with Gasteiger partial charge in [0.25, 0.3) is 0 Å². The first-order valence-corrected chi connectivity index (χ1v) is 7.52. The van der Waals surface area contributed by atoms with Crippen molar-refractivity contribution in [2.45, 2.75) is 6.54 Å². The summed E-state index contributed by atoms with van der Waals surface area (Å²) in [6.07, 6.45) is 2.05. The molecule has 1 heterocycles. The Hall–Kier alpha value is -0.580. The summed E-state index contributed by atoms with van der Waals surface area (Å²) < 4.78 is 1.03. The van der Waals surface area contributed by atoms with Crippen molar-refractivity contribution in [2.24, 2.45) is 0 Å². The van der Waals surface area contributed by atoms with E-state index in [1.165, 1.54) is 5.56 Å². The van der Waals surface area contributed by atoms with Crippen molar-refractivity contribution in [1.29, 1.82) is 0 Å². The number of rotatable bonds is 2. The van der Waals surface area contributed by atoms with E-state index in [0.717, 1.165) is 37.0 Å². The molecular formula is C13H18N2S2. The third-order valence-electron chi connectivity index (χ3n) is 3.05. The van der Waals surface area contributed by atoms with Crippen molar-refractivity contribution in [1.82, 2.24) is 9.80 Å². The molecule has 0 N–H and O–H groups in total. The number of thioether (sulfide) groups is 1. The number of piperazine rings is 1. The molecule has 1 aromatic rings. The van der Waals surface area contributed by atoms with Crippen LogP contribution in [0, 0.1) is 0 Å². The summed E-state index contributed by atoms with van der Waals surface area (Å²) in [7, 11) is 0. The van der Waals surface area contributed by atoms with Crippen LogP contribution in [0.25, 0.3) is 0 Å². The molecule has 1 aromatic carbocycles. The number of thiocarbonyl (C=S) groups is 1. The first-order valence-electron chi connectivity index (χ1n) is 5.89. The lowest BCUT2D eigenvalue weighted by Gasteiger charge is -2.35. The van der Waals surface area contributed by atoms with Gasteiger partial charge in [-0.2, -0.15) is 0 Å². The maximum atomic E-state index is 5.31. The van der Waals surface area contributed by atoms with Gasteiger partial charge >= 0.3 is 0 Å². The molecule has 0 unspecified atom stereocenters. The van der Waals surface area contributed by atoms with Crippen molar-refractivity contribution in [2.75, 3.05) is 32.4 Å². The van der Waals surface area contributed by atoms with E-state index in [0.29, 0.717) is 0 Å². The monoisotopic (exact) mass is 266 g/mol. The first kappa shape index (κ1) is 12.9. The van der Waals surface area contributed by atoms with Crippen LogP contribution in [0.3, 0.4) is 0 Å². The summed E-state index contributed by atoms with van der Waals surface area (Å²) in [4.78, 5) is 4.80. The lowest BCUT2D eigenvalue weighted by Crippen LogP contribution is -2.47. The van der Waals surface area contributed by atoms with E-state index in [-0.39, 0.29) is 0 Å². The maximum Gasteiger partial charge on any atom is 0.136 e. The Balaban J connectivity index is 1.82. The molecule has 1 saturated heterocycles. The second kappa shape index (κ2) is 6.38. The van der Waals surface area contributed by atoms with Crippen LogP contribution in [-0.2, 0) is 6.54 Å². The van der Waals surface area contributed by atoms with E-state index in [1.54, 1.807) is 11.8 Å². The van der Waals surface area contributed by atoms with Crippen molar-refractivity contribution in [3.63, 3.8) is 0 Å². The lowest BCUT2D eigenvalue weighted by atomic mass is 10.2. The van der Waals surface area contributed by atoms with Crippen molar-refractivity contribution >= 4 is 28.3 Å². The summed E-state index contributed by atoms with van der Waals surface area (Å²) in [5.74, 6) is 0. The smallest absolute Gasteiger partial charge is 0.136 e. The van der Waals surface area contributed by atoms with Gasteiger partial charge in [-0.25, -0.2) is 0 Å². The normalized spacial score (nSPS) is 17.1. The van der Waals surface area contributed by atoms with Gasteiger partial charge in [0.1, 0.15) is 4.32 Å². The van der Waals surface area contributed by atoms with Crippen molar-refractivity contribution < 1.29 is 0 Å². The van der Waals surface area contributed by atoms with Gasteiger partial charge in [-0.15, -0.1) is 11.8 Å². The fraction of sp³-hybridized carbons (Fsp3) is 0.462. The largest absolute Gasteiger partial charge is 0.355 e. The van der Waals surface area contributed by atoms with Crippen LogP contribution < -0.4 is 0 Å². The van der Waals surface area contributed by atoms with Gasteiger partial charge in [-0.05, 0) is 11.8 Å². The minimum Gasteiger partial charge on any atom is -0.355 e. The molecule has 1 aliphatic rings. The molecule has 0 atom stereocenters. The van der Waals surface area contributed by atoms with Gasteiger partial charge in [0.15, 0.2) is 0 Å². The minimum atomic E-state index is 1.03. The van der Waals surface area contributed by atoms with Crippen LogP contribution in [0.1, 0.15) is 5.56 Å². The maximum absolute atomic E-state index is 5.31. The molecule has 1 fully saturated rings. The van der Waals surface area contributed by atoms with E-state index in [9.17, 15) is 0 Å². The zero-order valence-corrected chi connectivity index (χ0v) is 11.8. The van der Waals surface area contributed by atoms with E-state index in [4.69, 9.17) is 12.2 Å². The Kier molecular flexibility index (Phi) is 4.83. The molecule has 0 aromatic heterocycles. The summed E-state index contributed by atoms with van der Waals surface area (Å²) >= 11 is 6.99. The van der Waals surface area contributed by atoms with Gasteiger partial charge in [0, 0.05) is 32.7 Å². The number of hydrogen-bond acceptors (Lipinski definition) is 3. The molecule has 92 valence electrons. The molecule has 0 bridgehead atoms. The Bertz CT molecular complexity index is 359. The average Bonchev–Trinajstić information content (AvgIpc) is 2.40. The fourth-order valence-corrected chi connectivity index (χ4v) is 2.68. The molecule has 0 amide bonds. The summed E-state index contributed by atoms with van der Waals surface area (Å²) in [5.41, 5.74) is 1.40. The van der Waals surface area contributed by atoms with Gasteiger partial charge in [-0.3, -0.25) is 4.90 Å². The van der Waals surface area contributed by atoms with Crippen LogP contribution in [0.15, 0.2) is 30.3 Å². The number of nitrogens with zero attached hydrogens (tertiary/aromatic N) is 2.